The van der Waals surface area contributed by atoms with E-state index in [2.05, 4.69) is 10.6 Å². The second-order valence-electron chi connectivity index (χ2n) is 13.0. The summed E-state index contributed by atoms with van der Waals surface area (Å²) in [6.07, 6.45) is 3.71. The first-order chi connectivity index (χ1) is 22.8. The minimum atomic E-state index is -0.956. The molecule has 1 heterocycles. The van der Waals surface area contributed by atoms with E-state index in [9.17, 15) is 14.8 Å². The number of anilines is 1. The maximum Gasteiger partial charge on any atom is 0.408 e. The Balaban J connectivity index is 1.55. The molecule has 0 saturated carbocycles. The second kappa shape index (κ2) is 15.4. The summed E-state index contributed by atoms with van der Waals surface area (Å²) in [4.78, 5) is 27.1. The third kappa shape index (κ3) is 8.78. The molecule has 258 valence electrons. The molecule has 0 bridgehead atoms. The maximum atomic E-state index is 13.8. The number of rotatable bonds is 12. The number of hydrogen-bond donors (Lipinski definition) is 3. The number of ether oxygens (including phenoxy) is 5. The van der Waals surface area contributed by atoms with Gasteiger partial charge in [0.15, 0.2) is 11.5 Å². The van der Waals surface area contributed by atoms with Crippen molar-refractivity contribution in [2.45, 2.75) is 70.2 Å². The SMILES string of the molecule is COc1ccc(/C=C\c2cc(OC)c(OC)c(OC)c2)cc1NC(=O)[C@H](Cc1ccccc1)NC(=O)OC1CC(C)(C)N(O)C(C)(C)C1. The number of piperidine rings is 1. The molecule has 48 heavy (non-hydrogen) atoms. The third-order valence-corrected chi connectivity index (χ3v) is 8.40. The standard InChI is InChI=1S/C37H47N3O8/c1-36(2)22-27(23-37(3,4)40(36)43)48-35(42)39-29(19-24-12-10-9-11-13-24)34(41)38-28-18-25(16-17-30(28)44-5)14-15-26-20-31(45-6)33(47-8)32(21-26)46-7/h9-18,20-21,27,29,43H,19,22-23H2,1-8H3,(H,38,41)(H,39,42)/b15-14-/t29-/m0/s1. The molecule has 3 N–H and O–H groups in total. The van der Waals surface area contributed by atoms with E-state index < -0.39 is 35.2 Å². The van der Waals surface area contributed by atoms with Crippen LogP contribution in [0.25, 0.3) is 12.2 Å². The minimum absolute atomic E-state index is 0.233. The molecule has 0 radical (unpaired) electrons. The van der Waals surface area contributed by atoms with Crippen LogP contribution in [0.4, 0.5) is 10.5 Å². The number of hydroxylamine groups is 2. The van der Waals surface area contributed by atoms with E-state index in [1.165, 1.54) is 12.2 Å². The lowest BCUT2D eigenvalue weighted by Crippen LogP contribution is -2.61. The minimum Gasteiger partial charge on any atom is -0.495 e. The lowest BCUT2D eigenvalue weighted by molar-refractivity contribution is -0.256. The van der Waals surface area contributed by atoms with Gasteiger partial charge in [0, 0.05) is 30.3 Å². The number of carbonyl (C=O) groups is 2. The van der Waals surface area contributed by atoms with Crippen molar-refractivity contribution in [1.82, 2.24) is 10.4 Å². The number of nitrogens with one attached hydrogen (secondary N) is 2. The summed E-state index contributed by atoms with van der Waals surface area (Å²) in [5.74, 6) is 1.57. The van der Waals surface area contributed by atoms with E-state index in [0.29, 0.717) is 41.5 Å². The number of carbonyl (C=O) groups excluding carboxylic acids is 2. The van der Waals surface area contributed by atoms with Crippen LogP contribution in [0.15, 0.2) is 60.7 Å². The molecule has 0 aliphatic carbocycles. The Morgan fingerprint density at radius 2 is 1.42 bits per heavy atom. The Morgan fingerprint density at radius 3 is 1.98 bits per heavy atom. The predicted octanol–water partition coefficient (Wildman–Crippen LogP) is 6.58. The molecule has 1 atom stereocenters. The normalized spacial score (nSPS) is 16.5. The number of methoxy groups -OCH3 is 4. The largest absolute Gasteiger partial charge is 0.495 e. The molecule has 1 saturated heterocycles. The van der Waals surface area contributed by atoms with Crippen molar-refractivity contribution in [2.75, 3.05) is 33.8 Å². The Hall–Kier alpha value is -4.74. The number of nitrogens with zero attached hydrogens (tertiary/aromatic N) is 1. The van der Waals surface area contributed by atoms with Gasteiger partial charge in [-0.3, -0.25) is 4.79 Å². The molecule has 3 aromatic carbocycles. The summed E-state index contributed by atoms with van der Waals surface area (Å²) in [6, 6.07) is 17.5. The van der Waals surface area contributed by atoms with Gasteiger partial charge < -0.3 is 39.5 Å². The van der Waals surface area contributed by atoms with Crippen LogP contribution in [0, 0.1) is 0 Å². The van der Waals surface area contributed by atoms with Gasteiger partial charge in [0.05, 0.1) is 34.1 Å². The van der Waals surface area contributed by atoms with Crippen LogP contribution < -0.4 is 29.6 Å². The van der Waals surface area contributed by atoms with E-state index >= 15 is 0 Å². The van der Waals surface area contributed by atoms with E-state index in [-0.39, 0.29) is 6.42 Å². The van der Waals surface area contributed by atoms with Crippen LogP contribution in [0.1, 0.15) is 57.2 Å². The van der Waals surface area contributed by atoms with E-state index in [4.69, 9.17) is 23.7 Å². The fourth-order valence-corrected chi connectivity index (χ4v) is 6.19. The highest BCUT2D eigenvalue weighted by atomic mass is 16.6. The summed E-state index contributed by atoms with van der Waals surface area (Å²) in [5, 5.41) is 17.7. The highest BCUT2D eigenvalue weighted by molar-refractivity contribution is 5.98. The first kappa shape index (κ1) is 36.1. The maximum absolute atomic E-state index is 13.8. The van der Waals surface area contributed by atoms with Crippen molar-refractivity contribution in [1.29, 1.82) is 0 Å². The first-order valence-electron chi connectivity index (χ1n) is 15.8. The molecule has 11 heteroatoms. The summed E-state index contributed by atoms with van der Waals surface area (Å²) in [6.45, 7) is 7.59. The zero-order chi connectivity index (χ0) is 35.1. The lowest BCUT2D eigenvalue weighted by atomic mass is 9.80. The van der Waals surface area contributed by atoms with Crippen molar-refractivity contribution in [2.24, 2.45) is 0 Å². The molecular formula is C37H47N3O8. The van der Waals surface area contributed by atoms with Gasteiger partial charge in [-0.05, 0) is 68.7 Å². The molecule has 0 spiro atoms. The van der Waals surface area contributed by atoms with Crippen LogP contribution >= 0.6 is 0 Å². The van der Waals surface area contributed by atoms with Gasteiger partial charge in [-0.25, -0.2) is 4.79 Å². The van der Waals surface area contributed by atoms with Gasteiger partial charge in [-0.2, -0.15) is 5.06 Å². The second-order valence-corrected chi connectivity index (χ2v) is 13.0. The van der Waals surface area contributed by atoms with Crippen LogP contribution in [-0.2, 0) is 16.0 Å². The van der Waals surface area contributed by atoms with E-state index in [0.717, 1.165) is 16.7 Å². The van der Waals surface area contributed by atoms with Crippen LogP contribution in [0.3, 0.4) is 0 Å². The average molecular weight is 662 g/mol. The molecule has 0 aromatic heterocycles. The fourth-order valence-electron chi connectivity index (χ4n) is 6.19. The molecular weight excluding hydrogens is 614 g/mol. The zero-order valence-corrected chi connectivity index (χ0v) is 29.0. The van der Waals surface area contributed by atoms with Gasteiger partial charge in [0.1, 0.15) is 17.9 Å². The highest BCUT2D eigenvalue weighted by Crippen LogP contribution is 2.39. The van der Waals surface area contributed by atoms with Crippen molar-refractivity contribution in [3.8, 4) is 23.0 Å². The quantitative estimate of drug-likeness (QED) is 0.185. The fraction of sp³-hybridized carbons (Fsp3) is 0.405. The van der Waals surface area contributed by atoms with Crippen LogP contribution in [-0.4, -0.2) is 73.9 Å². The zero-order valence-electron chi connectivity index (χ0n) is 29.0. The van der Waals surface area contributed by atoms with Crippen molar-refractivity contribution >= 4 is 29.8 Å². The van der Waals surface area contributed by atoms with Gasteiger partial charge in [-0.15, -0.1) is 0 Å². The number of alkyl carbamates (subject to hydrolysis) is 1. The Morgan fingerprint density at radius 1 is 0.833 bits per heavy atom. The Bertz CT molecular complexity index is 1560. The molecule has 3 aromatic rings. The molecule has 1 aliphatic heterocycles. The highest BCUT2D eigenvalue weighted by Gasteiger charge is 2.46. The number of amides is 2. The van der Waals surface area contributed by atoms with Crippen molar-refractivity contribution in [3.63, 3.8) is 0 Å². The van der Waals surface area contributed by atoms with Crippen LogP contribution in [0.2, 0.25) is 0 Å². The Kier molecular flexibility index (Phi) is 11.6. The topological polar surface area (TPSA) is 128 Å². The Labute approximate surface area is 282 Å². The summed E-state index contributed by atoms with van der Waals surface area (Å²) in [5.41, 5.74) is 1.69. The monoisotopic (exact) mass is 661 g/mol. The molecule has 11 nitrogen and oxygen atoms in total. The molecule has 1 aliphatic rings. The van der Waals surface area contributed by atoms with Crippen molar-refractivity contribution < 1.29 is 38.5 Å². The van der Waals surface area contributed by atoms with Crippen LogP contribution in [0.5, 0.6) is 23.0 Å². The summed E-state index contributed by atoms with van der Waals surface area (Å²) >= 11 is 0. The lowest BCUT2D eigenvalue weighted by Gasteiger charge is -2.50. The number of hydrogen-bond acceptors (Lipinski definition) is 9. The first-order valence-corrected chi connectivity index (χ1v) is 15.8. The third-order valence-electron chi connectivity index (χ3n) is 8.40. The van der Waals surface area contributed by atoms with Crippen molar-refractivity contribution in [3.05, 3.63) is 77.4 Å². The van der Waals surface area contributed by atoms with Gasteiger partial charge in [0.25, 0.3) is 0 Å². The molecule has 1 fully saturated rings. The average Bonchev–Trinajstić information content (AvgIpc) is 3.05. The smallest absolute Gasteiger partial charge is 0.408 e. The van der Waals surface area contributed by atoms with Gasteiger partial charge in [0.2, 0.25) is 11.7 Å². The van der Waals surface area contributed by atoms with Gasteiger partial charge in [-0.1, -0.05) is 48.6 Å². The molecule has 4 rings (SSSR count). The molecule has 2 amide bonds. The molecule has 0 unspecified atom stereocenters. The van der Waals surface area contributed by atoms with E-state index in [1.807, 2.05) is 88.4 Å². The number of benzene rings is 3. The van der Waals surface area contributed by atoms with Gasteiger partial charge >= 0.3 is 6.09 Å². The van der Waals surface area contributed by atoms with E-state index in [1.54, 1.807) is 33.5 Å². The predicted molar refractivity (Wildman–Crippen MR) is 185 cm³/mol. The summed E-state index contributed by atoms with van der Waals surface area (Å²) in [7, 11) is 6.19. The summed E-state index contributed by atoms with van der Waals surface area (Å²) < 4.78 is 27.7.